The fraction of sp³-hybridized carbons (Fsp3) is 0.474. The molecule has 0 aliphatic carbocycles. The topological polar surface area (TPSA) is 55.6 Å². The molecule has 2 heterocycles. The normalized spacial score (nSPS) is 16.9. The number of amides is 1. The van der Waals surface area contributed by atoms with E-state index in [1.54, 1.807) is 26.1 Å². The number of hydrogen-bond donors (Lipinski definition) is 0. The predicted octanol–water partition coefficient (Wildman–Crippen LogP) is 3.71. The van der Waals surface area contributed by atoms with Gasteiger partial charge in [-0.05, 0) is 31.4 Å². The fourth-order valence-electron chi connectivity index (χ4n) is 3.51. The molecular formula is C19H21F3N2O3. The van der Waals surface area contributed by atoms with E-state index in [9.17, 15) is 18.0 Å². The van der Waals surface area contributed by atoms with Crippen molar-refractivity contribution in [2.24, 2.45) is 0 Å². The number of ether oxygens (including phenoxy) is 1. The molecule has 0 bridgehead atoms. The molecule has 0 radical (unpaired) electrons. The van der Waals surface area contributed by atoms with E-state index in [2.05, 4.69) is 5.16 Å². The Labute approximate surface area is 155 Å². The van der Waals surface area contributed by atoms with Crippen LogP contribution in [0.2, 0.25) is 0 Å². The average molecular weight is 382 g/mol. The zero-order chi connectivity index (χ0) is 19.7. The number of alkyl halides is 3. The minimum absolute atomic E-state index is 0.220. The standard InChI is InChI=1S/C19H21F3N2O3/c1-13-10-16(23-27-13)12-24(2)17(25)18(6-8-26-9-7-18)14-4-3-5-15(11-14)19(20,21)22/h3-5,10-11H,6-9,12H2,1-2H3. The van der Waals surface area contributed by atoms with Gasteiger partial charge in [-0.1, -0.05) is 23.4 Å². The second-order valence-electron chi connectivity index (χ2n) is 6.86. The molecule has 146 valence electrons. The van der Waals surface area contributed by atoms with Crippen molar-refractivity contribution in [1.82, 2.24) is 10.1 Å². The molecule has 1 aliphatic rings. The first-order chi connectivity index (χ1) is 12.7. The molecule has 0 unspecified atom stereocenters. The monoisotopic (exact) mass is 382 g/mol. The number of carbonyl (C=O) groups is 1. The summed E-state index contributed by atoms with van der Waals surface area (Å²) in [5.41, 5.74) is -0.843. The summed E-state index contributed by atoms with van der Waals surface area (Å²) < 4.78 is 49.9. The Morgan fingerprint density at radius 3 is 2.56 bits per heavy atom. The van der Waals surface area contributed by atoms with Crippen LogP contribution in [-0.4, -0.2) is 36.2 Å². The van der Waals surface area contributed by atoms with E-state index in [0.29, 0.717) is 43.1 Å². The maximum absolute atomic E-state index is 13.3. The smallest absolute Gasteiger partial charge is 0.381 e. The zero-order valence-electron chi connectivity index (χ0n) is 15.2. The quantitative estimate of drug-likeness (QED) is 0.809. The molecular weight excluding hydrogens is 361 g/mol. The van der Waals surface area contributed by atoms with Crippen molar-refractivity contribution in [2.75, 3.05) is 20.3 Å². The molecule has 3 rings (SSSR count). The lowest BCUT2D eigenvalue weighted by atomic mass is 9.72. The minimum Gasteiger partial charge on any atom is -0.381 e. The van der Waals surface area contributed by atoms with Crippen LogP contribution in [-0.2, 0) is 27.7 Å². The van der Waals surface area contributed by atoms with E-state index in [1.807, 2.05) is 0 Å². The van der Waals surface area contributed by atoms with Gasteiger partial charge in [-0.15, -0.1) is 0 Å². The summed E-state index contributed by atoms with van der Waals surface area (Å²) in [7, 11) is 1.62. The summed E-state index contributed by atoms with van der Waals surface area (Å²) in [6, 6.07) is 6.76. The Balaban J connectivity index is 1.94. The van der Waals surface area contributed by atoms with Gasteiger partial charge >= 0.3 is 6.18 Å². The number of halogens is 3. The van der Waals surface area contributed by atoms with Gasteiger partial charge in [0.1, 0.15) is 11.5 Å². The third-order valence-corrected chi connectivity index (χ3v) is 4.92. The van der Waals surface area contributed by atoms with Gasteiger partial charge in [-0.3, -0.25) is 4.79 Å². The van der Waals surface area contributed by atoms with Gasteiger partial charge in [0, 0.05) is 26.3 Å². The highest BCUT2D eigenvalue weighted by molar-refractivity contribution is 5.88. The number of benzene rings is 1. The Morgan fingerprint density at radius 2 is 1.96 bits per heavy atom. The second kappa shape index (κ2) is 7.34. The molecule has 0 N–H and O–H groups in total. The van der Waals surface area contributed by atoms with Crippen LogP contribution in [0.15, 0.2) is 34.9 Å². The Kier molecular flexibility index (Phi) is 5.28. The van der Waals surface area contributed by atoms with Crippen LogP contribution in [0, 0.1) is 6.92 Å². The second-order valence-corrected chi connectivity index (χ2v) is 6.86. The Hall–Kier alpha value is -2.35. The van der Waals surface area contributed by atoms with E-state index in [-0.39, 0.29) is 12.5 Å². The van der Waals surface area contributed by atoms with Crippen molar-refractivity contribution < 1.29 is 27.2 Å². The molecule has 27 heavy (non-hydrogen) atoms. The molecule has 5 nitrogen and oxygen atoms in total. The highest BCUT2D eigenvalue weighted by atomic mass is 19.4. The molecule has 8 heteroatoms. The van der Waals surface area contributed by atoms with E-state index in [1.165, 1.54) is 11.0 Å². The van der Waals surface area contributed by atoms with E-state index < -0.39 is 17.2 Å². The average Bonchev–Trinajstić information content (AvgIpc) is 3.05. The molecule has 2 aromatic rings. The lowest BCUT2D eigenvalue weighted by Crippen LogP contribution is -2.48. The molecule has 0 spiro atoms. The van der Waals surface area contributed by atoms with Crippen molar-refractivity contribution in [3.63, 3.8) is 0 Å². The van der Waals surface area contributed by atoms with Crippen LogP contribution in [0.5, 0.6) is 0 Å². The predicted molar refractivity (Wildman–Crippen MR) is 90.9 cm³/mol. The highest BCUT2D eigenvalue weighted by Crippen LogP contribution is 2.39. The van der Waals surface area contributed by atoms with Gasteiger partial charge in [0.15, 0.2) is 0 Å². The van der Waals surface area contributed by atoms with Gasteiger partial charge in [0.25, 0.3) is 0 Å². The summed E-state index contributed by atoms with van der Waals surface area (Å²) in [6.45, 7) is 2.61. The van der Waals surface area contributed by atoms with E-state index in [0.717, 1.165) is 12.1 Å². The lowest BCUT2D eigenvalue weighted by Gasteiger charge is -2.39. The molecule has 1 saturated heterocycles. The summed E-state index contributed by atoms with van der Waals surface area (Å²) in [6.07, 6.45) is -3.81. The van der Waals surface area contributed by atoms with Gasteiger partial charge in [0.2, 0.25) is 5.91 Å². The number of carbonyl (C=O) groups excluding carboxylic acids is 1. The largest absolute Gasteiger partial charge is 0.416 e. The van der Waals surface area contributed by atoms with Crippen molar-refractivity contribution in [3.05, 3.63) is 52.9 Å². The molecule has 1 fully saturated rings. The molecule has 1 amide bonds. The Bertz CT molecular complexity index is 811. The SMILES string of the molecule is Cc1cc(CN(C)C(=O)C2(c3cccc(C(F)(F)F)c3)CCOCC2)no1. The molecule has 1 aromatic heterocycles. The summed E-state index contributed by atoms with van der Waals surface area (Å²) in [5.74, 6) is 0.385. The number of nitrogens with zero attached hydrogens (tertiary/aromatic N) is 2. The van der Waals surface area contributed by atoms with Crippen LogP contribution < -0.4 is 0 Å². The number of aryl methyl sites for hydroxylation is 1. The molecule has 1 aliphatic heterocycles. The van der Waals surface area contributed by atoms with Crippen LogP contribution in [0.4, 0.5) is 13.2 Å². The third kappa shape index (κ3) is 4.00. The van der Waals surface area contributed by atoms with E-state index in [4.69, 9.17) is 9.26 Å². The first kappa shape index (κ1) is 19.4. The number of aromatic nitrogens is 1. The van der Waals surface area contributed by atoms with Gasteiger partial charge in [-0.25, -0.2) is 0 Å². The summed E-state index contributed by atoms with van der Waals surface area (Å²) in [5, 5.41) is 3.88. The van der Waals surface area contributed by atoms with Crippen LogP contribution in [0.1, 0.15) is 35.4 Å². The number of likely N-dealkylation sites (N-methyl/N-ethyl adjacent to an activating group) is 1. The fourth-order valence-corrected chi connectivity index (χ4v) is 3.51. The summed E-state index contributed by atoms with van der Waals surface area (Å²) >= 11 is 0. The summed E-state index contributed by atoms with van der Waals surface area (Å²) in [4.78, 5) is 14.8. The molecule has 0 atom stereocenters. The number of rotatable bonds is 4. The number of hydrogen-bond acceptors (Lipinski definition) is 4. The zero-order valence-corrected chi connectivity index (χ0v) is 15.2. The third-order valence-electron chi connectivity index (χ3n) is 4.92. The first-order valence-electron chi connectivity index (χ1n) is 8.66. The van der Waals surface area contributed by atoms with Crippen LogP contribution in [0.3, 0.4) is 0 Å². The molecule has 0 saturated carbocycles. The molecule has 1 aromatic carbocycles. The van der Waals surface area contributed by atoms with Crippen molar-refractivity contribution in [2.45, 2.75) is 37.9 Å². The van der Waals surface area contributed by atoms with Crippen molar-refractivity contribution in [1.29, 1.82) is 0 Å². The van der Waals surface area contributed by atoms with Gasteiger partial charge in [0.05, 0.1) is 17.5 Å². The van der Waals surface area contributed by atoms with Crippen molar-refractivity contribution in [3.8, 4) is 0 Å². The minimum atomic E-state index is -4.46. The van der Waals surface area contributed by atoms with Crippen LogP contribution in [0.25, 0.3) is 0 Å². The Morgan fingerprint density at radius 1 is 1.26 bits per heavy atom. The van der Waals surface area contributed by atoms with Gasteiger partial charge in [-0.2, -0.15) is 13.2 Å². The highest BCUT2D eigenvalue weighted by Gasteiger charge is 2.44. The lowest BCUT2D eigenvalue weighted by molar-refractivity contribution is -0.141. The van der Waals surface area contributed by atoms with Crippen molar-refractivity contribution >= 4 is 5.91 Å². The van der Waals surface area contributed by atoms with E-state index >= 15 is 0 Å². The maximum Gasteiger partial charge on any atom is 0.416 e. The van der Waals surface area contributed by atoms with Gasteiger partial charge < -0.3 is 14.2 Å². The van der Waals surface area contributed by atoms with Crippen LogP contribution >= 0.6 is 0 Å². The first-order valence-corrected chi connectivity index (χ1v) is 8.66. The maximum atomic E-state index is 13.3.